The van der Waals surface area contributed by atoms with Crippen molar-refractivity contribution < 1.29 is 9.21 Å². The summed E-state index contributed by atoms with van der Waals surface area (Å²) in [5, 5.41) is 9.71. The largest absolute Gasteiger partial charge is 0.441 e. The third-order valence-corrected chi connectivity index (χ3v) is 6.15. The molecule has 2 aromatic carbocycles. The minimum absolute atomic E-state index is 0.0605. The fraction of sp³-hybridized carbons (Fsp3) is 0.385. The van der Waals surface area contributed by atoms with Crippen LogP contribution in [0.4, 0.5) is 0 Å². The molecule has 1 aromatic heterocycles. The molecule has 3 rings (SSSR count). The van der Waals surface area contributed by atoms with Crippen molar-refractivity contribution in [1.82, 2.24) is 20.9 Å². The van der Waals surface area contributed by atoms with E-state index in [4.69, 9.17) is 4.42 Å². The van der Waals surface area contributed by atoms with E-state index in [9.17, 15) is 4.79 Å². The van der Waals surface area contributed by atoms with Gasteiger partial charge in [0.05, 0.1) is 5.69 Å². The highest BCUT2D eigenvalue weighted by Gasteiger charge is 2.13. The molecule has 0 fully saturated rings. The number of nitrogens with one attached hydrogen (secondary N) is 3. The molecule has 6 nitrogen and oxygen atoms in total. The Bertz CT molecular complexity index is 974. The normalized spacial score (nSPS) is 11.0. The predicted octanol–water partition coefficient (Wildman–Crippen LogP) is 4.65. The minimum atomic E-state index is -0.0605. The number of rotatable bonds is 14. The molecule has 7 heteroatoms. The minimum Gasteiger partial charge on any atom is -0.441 e. The van der Waals surface area contributed by atoms with Gasteiger partial charge in [0.25, 0.3) is 5.91 Å². The van der Waals surface area contributed by atoms with Crippen molar-refractivity contribution >= 4 is 17.7 Å². The van der Waals surface area contributed by atoms with Gasteiger partial charge in [-0.2, -0.15) is 0 Å². The zero-order valence-corrected chi connectivity index (χ0v) is 20.3. The van der Waals surface area contributed by atoms with Gasteiger partial charge < -0.3 is 20.4 Å². The third-order valence-electron chi connectivity index (χ3n) is 5.13. The SMILES string of the molecule is CCCNCCNCCCNC(=O)c1ccc(-c2nc(CSc3ccccc3)c(C)o2)cc1. The molecule has 0 aliphatic rings. The Labute approximate surface area is 201 Å². The Balaban J connectivity index is 1.42. The molecule has 0 spiro atoms. The van der Waals surface area contributed by atoms with Gasteiger partial charge in [-0.25, -0.2) is 4.98 Å². The molecule has 176 valence electrons. The highest BCUT2D eigenvalue weighted by atomic mass is 32.2. The number of oxazole rings is 1. The van der Waals surface area contributed by atoms with Crippen molar-refractivity contribution in [1.29, 1.82) is 0 Å². The fourth-order valence-electron chi connectivity index (χ4n) is 3.24. The molecule has 0 aliphatic carbocycles. The highest BCUT2D eigenvalue weighted by Crippen LogP contribution is 2.27. The molecule has 0 radical (unpaired) electrons. The summed E-state index contributed by atoms with van der Waals surface area (Å²) in [6.07, 6.45) is 2.05. The number of thioether (sulfide) groups is 1. The number of hydrogen-bond donors (Lipinski definition) is 3. The lowest BCUT2D eigenvalue weighted by Gasteiger charge is -2.07. The Hall–Kier alpha value is -2.61. The van der Waals surface area contributed by atoms with Gasteiger partial charge in [0.2, 0.25) is 5.89 Å². The van der Waals surface area contributed by atoms with E-state index in [2.05, 4.69) is 40.0 Å². The molecule has 0 bridgehead atoms. The molecule has 1 amide bonds. The smallest absolute Gasteiger partial charge is 0.251 e. The van der Waals surface area contributed by atoms with Crippen LogP contribution in [0, 0.1) is 6.92 Å². The van der Waals surface area contributed by atoms with E-state index in [1.54, 1.807) is 11.8 Å². The van der Waals surface area contributed by atoms with Crippen molar-refractivity contribution in [3.8, 4) is 11.5 Å². The summed E-state index contributed by atoms with van der Waals surface area (Å²) in [5.41, 5.74) is 2.44. The number of amides is 1. The van der Waals surface area contributed by atoms with Crippen molar-refractivity contribution in [3.05, 3.63) is 71.6 Å². The molecule has 0 unspecified atom stereocenters. The molecular weight excluding hydrogens is 432 g/mol. The molecule has 1 heterocycles. The van der Waals surface area contributed by atoms with E-state index >= 15 is 0 Å². The van der Waals surface area contributed by atoms with Crippen LogP contribution in [-0.4, -0.2) is 43.6 Å². The number of carbonyl (C=O) groups is 1. The van der Waals surface area contributed by atoms with Crippen molar-refractivity contribution in [2.45, 2.75) is 37.3 Å². The Kier molecular flexibility index (Phi) is 10.5. The van der Waals surface area contributed by atoms with Crippen LogP contribution < -0.4 is 16.0 Å². The first-order valence-corrected chi connectivity index (χ1v) is 12.6. The second-order valence-corrected chi connectivity index (χ2v) is 8.86. The van der Waals surface area contributed by atoms with Gasteiger partial charge in [0.1, 0.15) is 5.76 Å². The first-order valence-electron chi connectivity index (χ1n) is 11.6. The van der Waals surface area contributed by atoms with Crippen LogP contribution >= 0.6 is 11.8 Å². The van der Waals surface area contributed by atoms with Gasteiger partial charge in [-0.15, -0.1) is 11.8 Å². The monoisotopic (exact) mass is 466 g/mol. The van der Waals surface area contributed by atoms with Crippen LogP contribution in [0.2, 0.25) is 0 Å². The first kappa shape index (κ1) is 25.0. The zero-order chi connectivity index (χ0) is 23.3. The van der Waals surface area contributed by atoms with Crippen LogP contribution in [0.25, 0.3) is 11.5 Å². The van der Waals surface area contributed by atoms with Crippen LogP contribution in [0.5, 0.6) is 0 Å². The van der Waals surface area contributed by atoms with E-state index in [1.807, 2.05) is 49.4 Å². The van der Waals surface area contributed by atoms with E-state index < -0.39 is 0 Å². The third kappa shape index (κ3) is 8.35. The molecule has 3 aromatic rings. The molecule has 0 saturated carbocycles. The van der Waals surface area contributed by atoms with Crippen LogP contribution in [0.1, 0.15) is 41.6 Å². The summed E-state index contributed by atoms with van der Waals surface area (Å²) in [6.45, 7) is 8.62. The number of hydrogen-bond acceptors (Lipinski definition) is 6. The summed E-state index contributed by atoms with van der Waals surface area (Å²) < 4.78 is 5.89. The van der Waals surface area contributed by atoms with Crippen molar-refractivity contribution in [2.75, 3.05) is 32.7 Å². The molecule has 0 atom stereocenters. The fourth-order valence-corrected chi connectivity index (χ4v) is 4.16. The lowest BCUT2D eigenvalue weighted by atomic mass is 10.1. The quantitative estimate of drug-likeness (QED) is 0.237. The summed E-state index contributed by atoms with van der Waals surface area (Å²) in [5.74, 6) is 2.10. The summed E-state index contributed by atoms with van der Waals surface area (Å²) in [7, 11) is 0. The second-order valence-electron chi connectivity index (χ2n) is 7.81. The average Bonchev–Trinajstić information content (AvgIpc) is 3.22. The average molecular weight is 467 g/mol. The van der Waals surface area contributed by atoms with Crippen molar-refractivity contribution in [2.24, 2.45) is 0 Å². The lowest BCUT2D eigenvalue weighted by molar-refractivity contribution is 0.0953. The van der Waals surface area contributed by atoms with Gasteiger partial charge in [0, 0.05) is 41.4 Å². The Morgan fingerprint density at radius 1 is 0.939 bits per heavy atom. The van der Waals surface area contributed by atoms with Gasteiger partial charge in [-0.1, -0.05) is 25.1 Å². The number of benzene rings is 2. The van der Waals surface area contributed by atoms with Crippen molar-refractivity contribution in [3.63, 3.8) is 0 Å². The topological polar surface area (TPSA) is 79.2 Å². The van der Waals surface area contributed by atoms with Gasteiger partial charge in [-0.3, -0.25) is 4.79 Å². The number of aromatic nitrogens is 1. The number of nitrogens with zero attached hydrogens (tertiary/aromatic N) is 1. The lowest BCUT2D eigenvalue weighted by Crippen LogP contribution is -2.31. The van der Waals surface area contributed by atoms with E-state index in [1.165, 1.54) is 4.90 Å². The first-order chi connectivity index (χ1) is 16.2. The molecule has 0 saturated heterocycles. The standard InChI is InChI=1S/C26H34N4O2S/c1-3-14-27-17-18-28-15-7-16-29-25(31)21-10-12-22(13-11-21)26-30-24(20(2)32-26)19-33-23-8-5-4-6-9-23/h4-6,8-13,27-28H,3,7,14-19H2,1-2H3,(H,29,31). The highest BCUT2D eigenvalue weighted by molar-refractivity contribution is 7.98. The predicted molar refractivity (Wildman–Crippen MR) is 136 cm³/mol. The van der Waals surface area contributed by atoms with E-state index in [-0.39, 0.29) is 5.91 Å². The van der Waals surface area contributed by atoms with Gasteiger partial charge >= 0.3 is 0 Å². The van der Waals surface area contributed by atoms with Crippen LogP contribution in [0.3, 0.4) is 0 Å². The molecule has 0 aliphatic heterocycles. The maximum Gasteiger partial charge on any atom is 0.251 e. The summed E-state index contributed by atoms with van der Waals surface area (Å²) in [6, 6.07) is 17.7. The van der Waals surface area contributed by atoms with Gasteiger partial charge in [0.15, 0.2) is 0 Å². The molecular formula is C26H34N4O2S. The van der Waals surface area contributed by atoms with E-state index in [0.717, 1.165) is 61.8 Å². The summed E-state index contributed by atoms with van der Waals surface area (Å²) >= 11 is 1.74. The number of aryl methyl sites for hydroxylation is 1. The second kappa shape index (κ2) is 13.8. The zero-order valence-electron chi connectivity index (χ0n) is 19.5. The number of carbonyl (C=O) groups excluding carboxylic acids is 1. The van der Waals surface area contributed by atoms with Gasteiger partial charge in [-0.05, 0) is 69.3 Å². The Morgan fingerprint density at radius 2 is 1.67 bits per heavy atom. The summed E-state index contributed by atoms with van der Waals surface area (Å²) in [4.78, 5) is 18.3. The van der Waals surface area contributed by atoms with E-state index in [0.29, 0.717) is 18.0 Å². The molecule has 3 N–H and O–H groups in total. The van der Waals surface area contributed by atoms with Crippen LogP contribution in [-0.2, 0) is 5.75 Å². The van der Waals surface area contributed by atoms with Crippen LogP contribution in [0.15, 0.2) is 63.9 Å². The molecule has 33 heavy (non-hydrogen) atoms. The maximum atomic E-state index is 12.4. The maximum absolute atomic E-state index is 12.4. The Morgan fingerprint density at radius 3 is 2.39 bits per heavy atom.